The maximum absolute atomic E-state index is 13.3. The van der Waals surface area contributed by atoms with Gasteiger partial charge in [-0.2, -0.15) is 4.98 Å². The Balaban J connectivity index is 1.62. The third kappa shape index (κ3) is 3.04. The van der Waals surface area contributed by atoms with Crippen LogP contribution in [0.2, 0.25) is 0 Å². The lowest BCUT2D eigenvalue weighted by Crippen LogP contribution is -2.34. The van der Waals surface area contributed by atoms with Gasteiger partial charge in [-0.25, -0.2) is 9.36 Å². The number of aliphatic hydroxyl groups excluding tert-OH is 1. The highest BCUT2D eigenvalue weighted by Crippen LogP contribution is 2.44. The van der Waals surface area contributed by atoms with Gasteiger partial charge in [-0.15, -0.1) is 6.58 Å². The molecule has 12 heteroatoms. The van der Waals surface area contributed by atoms with Crippen molar-refractivity contribution in [1.29, 1.82) is 0 Å². The molecule has 0 radical (unpaired) electrons. The molecular formula is C20H21N5O7. The van der Waals surface area contributed by atoms with Gasteiger partial charge in [-0.05, 0) is 12.1 Å². The predicted molar refractivity (Wildman–Crippen MR) is 111 cm³/mol. The van der Waals surface area contributed by atoms with Crippen LogP contribution in [0.15, 0.2) is 46.5 Å². The summed E-state index contributed by atoms with van der Waals surface area (Å²) in [5.74, 6) is -0.123. The van der Waals surface area contributed by atoms with Crippen molar-refractivity contribution in [1.82, 2.24) is 19.1 Å². The van der Waals surface area contributed by atoms with E-state index in [-0.39, 0.29) is 36.0 Å². The van der Waals surface area contributed by atoms with E-state index in [0.717, 1.165) is 0 Å². The van der Waals surface area contributed by atoms with Crippen LogP contribution in [-0.4, -0.2) is 54.2 Å². The number of phenols is 1. The summed E-state index contributed by atoms with van der Waals surface area (Å²) in [6, 6.07) is 6.39. The van der Waals surface area contributed by atoms with Gasteiger partial charge in [0.15, 0.2) is 23.7 Å². The normalized spacial score (nSPS) is 27.1. The minimum absolute atomic E-state index is 0.0140. The van der Waals surface area contributed by atoms with Crippen molar-refractivity contribution in [3.05, 3.63) is 63.3 Å². The summed E-state index contributed by atoms with van der Waals surface area (Å²) >= 11 is 0. The molecule has 2 aliphatic heterocycles. The van der Waals surface area contributed by atoms with Gasteiger partial charge in [0, 0.05) is 12.1 Å². The summed E-state index contributed by atoms with van der Waals surface area (Å²) in [5.41, 5.74) is 5.17. The van der Waals surface area contributed by atoms with E-state index in [9.17, 15) is 19.8 Å². The Morgan fingerprint density at radius 3 is 2.75 bits per heavy atom. The molecule has 1 unspecified atom stereocenters. The highest BCUT2D eigenvalue weighted by atomic mass is 16.8. The third-order valence-electron chi connectivity index (χ3n) is 5.57. The molecule has 2 saturated heterocycles. The molecule has 0 saturated carbocycles. The first-order valence-corrected chi connectivity index (χ1v) is 9.90. The lowest BCUT2D eigenvalue weighted by Gasteiger charge is -2.20. The number of fused-ring (bicyclic) bond motifs is 2. The Morgan fingerprint density at radius 1 is 1.25 bits per heavy atom. The first kappa shape index (κ1) is 20.5. The molecule has 4 heterocycles. The van der Waals surface area contributed by atoms with Crippen LogP contribution in [0, 0.1) is 0 Å². The van der Waals surface area contributed by atoms with Gasteiger partial charge in [0.2, 0.25) is 5.95 Å². The number of hydrogen-bond donors (Lipinski definition) is 4. The van der Waals surface area contributed by atoms with E-state index in [1.165, 1.54) is 27.3 Å². The number of phenolic OH excluding ortho intramolecular Hbond substituents is 1. The Morgan fingerprint density at radius 2 is 2.03 bits per heavy atom. The van der Waals surface area contributed by atoms with Crippen molar-refractivity contribution in [3.63, 3.8) is 0 Å². The van der Waals surface area contributed by atoms with E-state index < -0.39 is 42.1 Å². The van der Waals surface area contributed by atoms with Crippen LogP contribution in [-0.2, 0) is 20.8 Å². The molecule has 12 nitrogen and oxygen atoms in total. The molecular weight excluding hydrogens is 422 g/mol. The first-order valence-electron chi connectivity index (χ1n) is 9.90. The SMILES string of the molecule is C=CCn1c(=O)n([C@@H]2O[C@H](CO)[C@H]3OC(c4cccc(O)c4)O[C@@H]32)c2nc(N)[nH]c(=O)c21. The molecule has 5 rings (SSSR count). The van der Waals surface area contributed by atoms with Crippen LogP contribution in [0.4, 0.5) is 5.95 Å². The number of hydrogen-bond acceptors (Lipinski definition) is 9. The van der Waals surface area contributed by atoms with Crippen molar-refractivity contribution in [2.45, 2.75) is 37.4 Å². The largest absolute Gasteiger partial charge is 0.508 e. The Kier molecular flexibility index (Phi) is 4.86. The summed E-state index contributed by atoms with van der Waals surface area (Å²) < 4.78 is 20.3. The first-order chi connectivity index (χ1) is 15.4. The predicted octanol–water partition coefficient (Wildman–Crippen LogP) is -0.267. The molecule has 0 aliphatic carbocycles. The van der Waals surface area contributed by atoms with E-state index in [1.807, 2.05) is 0 Å². The number of rotatable bonds is 5. The van der Waals surface area contributed by atoms with Crippen molar-refractivity contribution < 1.29 is 24.4 Å². The number of aliphatic hydroxyl groups is 1. The zero-order valence-corrected chi connectivity index (χ0v) is 16.7. The number of aromatic hydroxyl groups is 1. The smallest absolute Gasteiger partial charge is 0.333 e. The van der Waals surface area contributed by atoms with E-state index in [0.29, 0.717) is 5.56 Å². The second-order valence-corrected chi connectivity index (χ2v) is 7.55. The van der Waals surface area contributed by atoms with Gasteiger partial charge in [-0.3, -0.25) is 14.3 Å². The Labute approximate surface area is 180 Å². The number of ether oxygens (including phenoxy) is 3. The molecule has 0 bridgehead atoms. The highest BCUT2D eigenvalue weighted by molar-refractivity contribution is 5.72. The van der Waals surface area contributed by atoms with Crippen LogP contribution in [0.1, 0.15) is 18.1 Å². The topological polar surface area (TPSA) is 167 Å². The lowest BCUT2D eigenvalue weighted by atomic mass is 10.1. The van der Waals surface area contributed by atoms with Crippen LogP contribution in [0.25, 0.3) is 11.2 Å². The van der Waals surface area contributed by atoms with E-state index in [2.05, 4.69) is 16.5 Å². The number of nitrogens with one attached hydrogen (secondary N) is 1. The second-order valence-electron chi connectivity index (χ2n) is 7.55. The standard InChI is InChI=1S/C20H21N5O7/c1-2-6-24-12-15(22-19(21)23-16(12)28)25(20(24)29)17-14-13(11(8-26)30-17)31-18(32-14)9-4-3-5-10(27)7-9/h2-5,7,11,13-14,17-18,26-27H,1,6,8H2,(H3,21,22,23,28)/t11-,13-,14+,17-,18?/m1/s1. The molecule has 2 aliphatic rings. The van der Waals surface area contributed by atoms with E-state index >= 15 is 0 Å². The molecule has 32 heavy (non-hydrogen) atoms. The third-order valence-corrected chi connectivity index (χ3v) is 5.57. The number of aromatic nitrogens is 4. The van der Waals surface area contributed by atoms with Crippen LogP contribution in [0.5, 0.6) is 5.75 Å². The molecule has 5 atom stereocenters. The monoisotopic (exact) mass is 443 g/mol. The number of allylic oxidation sites excluding steroid dienone is 1. The van der Waals surface area contributed by atoms with Crippen molar-refractivity contribution in [2.75, 3.05) is 12.3 Å². The molecule has 1 aromatic carbocycles. The highest BCUT2D eigenvalue weighted by Gasteiger charge is 2.54. The second kappa shape index (κ2) is 7.60. The Hall–Kier alpha value is -3.45. The number of H-pyrrole nitrogens is 1. The van der Waals surface area contributed by atoms with Gasteiger partial charge in [0.25, 0.3) is 5.56 Å². The van der Waals surface area contributed by atoms with E-state index in [4.69, 9.17) is 19.9 Å². The lowest BCUT2D eigenvalue weighted by molar-refractivity contribution is -0.154. The quantitative estimate of drug-likeness (QED) is 0.388. The number of nitrogens with zero attached hydrogens (tertiary/aromatic N) is 3. The van der Waals surface area contributed by atoms with Crippen molar-refractivity contribution >= 4 is 17.1 Å². The van der Waals surface area contributed by atoms with Gasteiger partial charge >= 0.3 is 5.69 Å². The van der Waals surface area contributed by atoms with Gasteiger partial charge < -0.3 is 30.2 Å². The van der Waals surface area contributed by atoms with Crippen LogP contribution >= 0.6 is 0 Å². The number of anilines is 1. The van der Waals surface area contributed by atoms with Crippen molar-refractivity contribution in [3.8, 4) is 5.75 Å². The average Bonchev–Trinajstić information content (AvgIpc) is 3.40. The zero-order valence-electron chi connectivity index (χ0n) is 16.7. The number of aromatic amines is 1. The summed E-state index contributed by atoms with van der Waals surface area (Å²) in [4.78, 5) is 32.4. The Bertz CT molecular complexity index is 1310. The summed E-state index contributed by atoms with van der Waals surface area (Å²) in [6.45, 7) is 3.31. The maximum atomic E-state index is 13.3. The molecule has 5 N–H and O–H groups in total. The summed E-state index contributed by atoms with van der Waals surface area (Å²) in [5, 5.41) is 19.6. The van der Waals surface area contributed by atoms with Crippen LogP contribution in [0.3, 0.4) is 0 Å². The molecule has 2 fully saturated rings. The van der Waals surface area contributed by atoms with E-state index in [1.54, 1.807) is 12.1 Å². The number of nitrogens with two attached hydrogens (primary N) is 1. The number of imidazole rings is 1. The molecule has 168 valence electrons. The van der Waals surface area contributed by atoms with Gasteiger partial charge in [0.1, 0.15) is 24.1 Å². The summed E-state index contributed by atoms with van der Waals surface area (Å²) in [6.07, 6.45) is -2.73. The molecule has 3 aromatic rings. The molecule has 0 amide bonds. The summed E-state index contributed by atoms with van der Waals surface area (Å²) in [7, 11) is 0. The number of nitrogen functional groups attached to an aromatic ring is 1. The van der Waals surface area contributed by atoms with Gasteiger partial charge in [0.05, 0.1) is 6.61 Å². The van der Waals surface area contributed by atoms with Gasteiger partial charge in [-0.1, -0.05) is 18.2 Å². The minimum Gasteiger partial charge on any atom is -0.508 e. The fourth-order valence-electron chi connectivity index (χ4n) is 4.25. The maximum Gasteiger partial charge on any atom is 0.333 e. The minimum atomic E-state index is -1.05. The molecule has 0 spiro atoms. The zero-order chi connectivity index (χ0) is 22.6. The average molecular weight is 443 g/mol. The number of benzene rings is 1. The fourth-order valence-corrected chi connectivity index (χ4v) is 4.25. The van der Waals surface area contributed by atoms with Crippen molar-refractivity contribution in [2.24, 2.45) is 0 Å². The molecule has 2 aromatic heterocycles. The fraction of sp³-hybridized carbons (Fsp3) is 0.350. The van der Waals surface area contributed by atoms with Crippen LogP contribution < -0.4 is 17.0 Å².